The molecule has 4 rings (SSSR count). The fourth-order valence-corrected chi connectivity index (χ4v) is 4.34. The first kappa shape index (κ1) is 19.6. The second kappa shape index (κ2) is 8.37. The van der Waals surface area contributed by atoms with E-state index in [0.717, 1.165) is 50.5 Å². The number of aromatic nitrogens is 2. The van der Waals surface area contributed by atoms with Gasteiger partial charge >= 0.3 is 0 Å². The molecule has 0 saturated carbocycles. The van der Waals surface area contributed by atoms with Crippen molar-refractivity contribution < 1.29 is 0 Å². The Bertz CT molecular complexity index is 1010. The molecule has 0 atom stereocenters. The van der Waals surface area contributed by atoms with E-state index < -0.39 is 0 Å². The zero-order valence-corrected chi connectivity index (χ0v) is 17.8. The molecule has 0 amide bonds. The van der Waals surface area contributed by atoms with Crippen LogP contribution in [-0.2, 0) is 19.4 Å². The van der Waals surface area contributed by atoms with E-state index in [4.69, 9.17) is 15.7 Å². The molecule has 0 bridgehead atoms. The van der Waals surface area contributed by atoms with E-state index in [9.17, 15) is 0 Å². The van der Waals surface area contributed by atoms with Crippen LogP contribution in [0.3, 0.4) is 0 Å². The largest absolute Gasteiger partial charge is 0.365 e. The Morgan fingerprint density at radius 3 is 2.69 bits per heavy atom. The van der Waals surface area contributed by atoms with Crippen molar-refractivity contribution in [2.45, 2.75) is 39.7 Å². The lowest BCUT2D eigenvalue weighted by molar-refractivity contribution is 0.683. The molecule has 0 unspecified atom stereocenters. The molecule has 0 spiro atoms. The Morgan fingerprint density at radius 1 is 1.14 bits per heavy atom. The van der Waals surface area contributed by atoms with Crippen LogP contribution in [0.15, 0.2) is 36.4 Å². The Morgan fingerprint density at radius 2 is 1.93 bits per heavy atom. The van der Waals surface area contributed by atoms with E-state index in [-0.39, 0.29) is 0 Å². The minimum Gasteiger partial charge on any atom is -0.365 e. The van der Waals surface area contributed by atoms with Crippen molar-refractivity contribution in [1.29, 1.82) is 0 Å². The van der Waals surface area contributed by atoms with Gasteiger partial charge in [-0.1, -0.05) is 37.3 Å². The summed E-state index contributed by atoms with van der Waals surface area (Å²) in [6.07, 6.45) is 2.78. The Balaban J connectivity index is 1.72. The summed E-state index contributed by atoms with van der Waals surface area (Å²) in [5.74, 6) is 2.02. The van der Waals surface area contributed by atoms with Gasteiger partial charge in [0.1, 0.15) is 11.6 Å². The predicted molar refractivity (Wildman–Crippen MR) is 122 cm³/mol. The molecule has 29 heavy (non-hydrogen) atoms. The minimum atomic E-state index is 0.701. The quantitative estimate of drug-likeness (QED) is 0.694. The summed E-state index contributed by atoms with van der Waals surface area (Å²) in [5, 5.41) is 2.65. The Labute approximate surface area is 173 Å². The first-order valence-electron chi connectivity index (χ1n) is 10.7. The van der Waals surface area contributed by atoms with Crippen LogP contribution >= 0.6 is 0 Å². The van der Waals surface area contributed by atoms with E-state index in [2.05, 4.69) is 67.1 Å². The maximum absolute atomic E-state index is 5.72. The van der Waals surface area contributed by atoms with Gasteiger partial charge in [0.25, 0.3) is 0 Å². The van der Waals surface area contributed by atoms with Crippen molar-refractivity contribution in [1.82, 2.24) is 9.97 Å². The summed E-state index contributed by atoms with van der Waals surface area (Å²) in [6, 6.07) is 13.1. The van der Waals surface area contributed by atoms with Gasteiger partial charge in [0.15, 0.2) is 0 Å². The SMILES string of the molecule is CCc1nc2c(c(N(C)CCCN)n1)CCN(c1cccc3cccc(C)c13)C2. The second-order valence-corrected chi connectivity index (χ2v) is 7.93. The van der Waals surface area contributed by atoms with Gasteiger partial charge < -0.3 is 15.5 Å². The number of nitrogens with two attached hydrogens (primary N) is 1. The number of nitrogens with zero attached hydrogens (tertiary/aromatic N) is 4. The van der Waals surface area contributed by atoms with Crippen LogP contribution in [0.25, 0.3) is 10.8 Å². The molecule has 152 valence electrons. The summed E-state index contributed by atoms with van der Waals surface area (Å²) in [4.78, 5) is 14.5. The first-order chi connectivity index (χ1) is 14.1. The van der Waals surface area contributed by atoms with Crippen molar-refractivity contribution in [3.8, 4) is 0 Å². The number of aryl methyl sites for hydroxylation is 2. The maximum Gasteiger partial charge on any atom is 0.135 e. The van der Waals surface area contributed by atoms with Crippen LogP contribution in [0.1, 0.15) is 36.0 Å². The average Bonchev–Trinajstić information content (AvgIpc) is 2.76. The summed E-state index contributed by atoms with van der Waals surface area (Å²) >= 11 is 0. The van der Waals surface area contributed by atoms with E-state index in [1.54, 1.807) is 0 Å². The minimum absolute atomic E-state index is 0.701. The van der Waals surface area contributed by atoms with Crippen molar-refractivity contribution in [2.24, 2.45) is 5.73 Å². The highest BCUT2D eigenvalue weighted by molar-refractivity contribution is 5.97. The molecule has 2 N–H and O–H groups in total. The van der Waals surface area contributed by atoms with Gasteiger partial charge in [0.05, 0.1) is 12.2 Å². The van der Waals surface area contributed by atoms with Crippen molar-refractivity contribution in [3.63, 3.8) is 0 Å². The molecule has 3 aromatic rings. The van der Waals surface area contributed by atoms with Gasteiger partial charge in [0, 0.05) is 43.2 Å². The molecule has 0 radical (unpaired) electrons. The monoisotopic (exact) mass is 389 g/mol. The predicted octanol–water partition coefficient (Wildman–Crippen LogP) is 3.85. The molecule has 5 nitrogen and oxygen atoms in total. The molecule has 1 aliphatic heterocycles. The topological polar surface area (TPSA) is 58.3 Å². The number of anilines is 2. The van der Waals surface area contributed by atoms with Gasteiger partial charge in [-0.3, -0.25) is 0 Å². The van der Waals surface area contributed by atoms with Crippen LogP contribution in [0.4, 0.5) is 11.5 Å². The molecule has 1 aromatic heterocycles. The molecule has 1 aliphatic rings. The molecule has 2 aromatic carbocycles. The van der Waals surface area contributed by atoms with Crippen LogP contribution in [0, 0.1) is 6.92 Å². The normalized spacial score (nSPS) is 13.6. The summed E-state index contributed by atoms with van der Waals surface area (Å²) in [7, 11) is 2.12. The van der Waals surface area contributed by atoms with E-state index in [0.29, 0.717) is 6.54 Å². The van der Waals surface area contributed by atoms with Gasteiger partial charge in [0.2, 0.25) is 0 Å². The lowest BCUT2D eigenvalue weighted by Gasteiger charge is -2.33. The zero-order valence-electron chi connectivity index (χ0n) is 17.8. The first-order valence-corrected chi connectivity index (χ1v) is 10.7. The average molecular weight is 390 g/mol. The third-order valence-corrected chi connectivity index (χ3v) is 5.90. The molecule has 0 fully saturated rings. The third-order valence-electron chi connectivity index (χ3n) is 5.90. The van der Waals surface area contributed by atoms with Crippen LogP contribution < -0.4 is 15.5 Å². The molecule has 0 saturated heterocycles. The van der Waals surface area contributed by atoms with Gasteiger partial charge in [-0.2, -0.15) is 0 Å². The lowest BCUT2D eigenvalue weighted by atomic mass is 9.99. The van der Waals surface area contributed by atoms with E-state index >= 15 is 0 Å². The highest BCUT2D eigenvalue weighted by Gasteiger charge is 2.25. The van der Waals surface area contributed by atoms with E-state index in [1.165, 1.54) is 33.3 Å². The number of rotatable bonds is 6. The summed E-state index contributed by atoms with van der Waals surface area (Å²) in [5.41, 5.74) is 10.8. The number of fused-ring (bicyclic) bond motifs is 2. The van der Waals surface area contributed by atoms with Gasteiger partial charge in [-0.05, 0) is 43.3 Å². The second-order valence-electron chi connectivity index (χ2n) is 7.93. The number of benzene rings is 2. The summed E-state index contributed by atoms with van der Waals surface area (Å²) in [6.45, 7) is 7.76. The lowest BCUT2D eigenvalue weighted by Crippen LogP contribution is -2.34. The number of hydrogen-bond acceptors (Lipinski definition) is 5. The smallest absolute Gasteiger partial charge is 0.135 e. The van der Waals surface area contributed by atoms with Crippen LogP contribution in [0.5, 0.6) is 0 Å². The fraction of sp³-hybridized carbons (Fsp3) is 0.417. The maximum atomic E-state index is 5.72. The molecule has 0 aliphatic carbocycles. The Hall–Kier alpha value is -2.66. The van der Waals surface area contributed by atoms with Gasteiger partial charge in [-0.25, -0.2) is 9.97 Å². The van der Waals surface area contributed by atoms with E-state index in [1.807, 2.05) is 0 Å². The molecule has 5 heteroatoms. The van der Waals surface area contributed by atoms with Crippen molar-refractivity contribution >= 4 is 22.3 Å². The number of hydrogen-bond donors (Lipinski definition) is 1. The Kier molecular flexibility index (Phi) is 5.67. The molecular weight excluding hydrogens is 358 g/mol. The van der Waals surface area contributed by atoms with Crippen molar-refractivity contribution in [2.75, 3.05) is 36.5 Å². The zero-order chi connectivity index (χ0) is 20.4. The standard InChI is InChI=1S/C24H31N5/c1-4-22-26-20-16-29(15-12-19(20)24(27-22)28(3)14-7-13-25)21-11-6-10-18-9-5-8-17(2)23(18)21/h5-6,8-11H,4,7,12-16,25H2,1-3H3. The molecular formula is C24H31N5. The highest BCUT2D eigenvalue weighted by atomic mass is 15.2. The summed E-state index contributed by atoms with van der Waals surface area (Å²) < 4.78 is 0. The fourth-order valence-electron chi connectivity index (χ4n) is 4.34. The molecule has 2 heterocycles. The van der Waals surface area contributed by atoms with Crippen molar-refractivity contribution in [3.05, 3.63) is 59.0 Å². The van der Waals surface area contributed by atoms with Gasteiger partial charge in [-0.15, -0.1) is 0 Å². The third kappa shape index (κ3) is 3.79. The van der Waals surface area contributed by atoms with Crippen LogP contribution in [0.2, 0.25) is 0 Å². The highest BCUT2D eigenvalue weighted by Crippen LogP contribution is 2.34. The van der Waals surface area contributed by atoms with Crippen LogP contribution in [-0.4, -0.2) is 36.6 Å².